The van der Waals surface area contributed by atoms with Gasteiger partial charge in [0.25, 0.3) is 0 Å². The van der Waals surface area contributed by atoms with Gasteiger partial charge in [0.2, 0.25) is 5.91 Å². The first kappa shape index (κ1) is 9.02. The van der Waals surface area contributed by atoms with Crippen LogP contribution in [0.1, 0.15) is 11.6 Å². The summed E-state index contributed by atoms with van der Waals surface area (Å²) in [5.41, 5.74) is 6.24. The van der Waals surface area contributed by atoms with E-state index in [4.69, 9.17) is 10.5 Å². The zero-order valence-electron chi connectivity index (χ0n) is 7.69. The van der Waals surface area contributed by atoms with Crippen LogP contribution in [0.15, 0.2) is 24.3 Å². The van der Waals surface area contributed by atoms with Crippen LogP contribution in [0.25, 0.3) is 0 Å². The van der Waals surface area contributed by atoms with Crippen LogP contribution < -0.4 is 15.8 Å². The Morgan fingerprint density at radius 3 is 3.14 bits per heavy atom. The second kappa shape index (κ2) is 3.67. The van der Waals surface area contributed by atoms with Crippen molar-refractivity contribution in [1.29, 1.82) is 0 Å². The topological polar surface area (TPSA) is 64.4 Å². The number of rotatable bonds is 2. The van der Waals surface area contributed by atoms with Crippen LogP contribution in [0.2, 0.25) is 0 Å². The third-order valence-corrected chi connectivity index (χ3v) is 2.22. The maximum absolute atomic E-state index is 11.1. The lowest BCUT2D eigenvalue weighted by Gasteiger charge is -2.09. The lowest BCUT2D eigenvalue weighted by Crippen LogP contribution is -2.34. The van der Waals surface area contributed by atoms with Gasteiger partial charge in [-0.1, -0.05) is 18.2 Å². The van der Waals surface area contributed by atoms with Gasteiger partial charge in [-0.05, 0) is 6.07 Å². The number of carbonyl (C=O) groups excluding carboxylic acids is 1. The lowest BCUT2D eigenvalue weighted by atomic mass is 10.1. The highest BCUT2D eigenvalue weighted by Gasteiger charge is 2.24. The average Bonchev–Trinajstić information content (AvgIpc) is 2.62. The number of hydrogen-bond acceptors (Lipinski definition) is 3. The molecule has 0 radical (unpaired) electrons. The van der Waals surface area contributed by atoms with E-state index in [0.717, 1.165) is 11.3 Å². The first-order chi connectivity index (χ1) is 6.81. The molecule has 74 valence electrons. The molecule has 2 rings (SSSR count). The maximum atomic E-state index is 11.1. The highest BCUT2D eigenvalue weighted by molar-refractivity contribution is 5.78. The van der Waals surface area contributed by atoms with Crippen molar-refractivity contribution in [3.63, 3.8) is 0 Å². The highest BCUT2D eigenvalue weighted by atomic mass is 16.5. The first-order valence-corrected chi connectivity index (χ1v) is 4.52. The van der Waals surface area contributed by atoms with E-state index in [9.17, 15) is 4.79 Å². The minimum atomic E-state index is -0.157. The summed E-state index contributed by atoms with van der Waals surface area (Å²) in [6.45, 7) is 0.504. The van der Waals surface area contributed by atoms with Gasteiger partial charge in [0.1, 0.15) is 12.4 Å². The summed E-state index contributed by atoms with van der Waals surface area (Å²) in [4.78, 5) is 11.1. The predicted molar refractivity (Wildman–Crippen MR) is 51.9 cm³/mol. The summed E-state index contributed by atoms with van der Waals surface area (Å²) in [6.07, 6.45) is 0. The molecule has 1 aromatic carbocycles. The Morgan fingerprint density at radius 2 is 2.36 bits per heavy atom. The minimum absolute atomic E-state index is 0.0126. The first-order valence-electron chi connectivity index (χ1n) is 4.52. The Bertz CT molecular complexity index is 352. The quantitative estimate of drug-likeness (QED) is 0.703. The summed E-state index contributed by atoms with van der Waals surface area (Å²) >= 11 is 0. The Morgan fingerprint density at radius 1 is 1.57 bits per heavy atom. The third kappa shape index (κ3) is 1.56. The molecule has 4 heteroatoms. The summed E-state index contributed by atoms with van der Waals surface area (Å²) in [5, 5.41) is 2.80. The van der Waals surface area contributed by atoms with Crippen molar-refractivity contribution in [3.8, 4) is 5.75 Å². The van der Waals surface area contributed by atoms with E-state index < -0.39 is 0 Å². The Balaban J connectivity index is 2.14. The second-order valence-corrected chi connectivity index (χ2v) is 3.17. The molecule has 1 atom stereocenters. The molecule has 1 amide bonds. The fourth-order valence-corrected chi connectivity index (χ4v) is 1.54. The fraction of sp³-hybridized carbons (Fsp3) is 0.300. The normalized spacial score (nSPS) is 18.5. The van der Waals surface area contributed by atoms with Gasteiger partial charge < -0.3 is 15.8 Å². The smallest absolute Gasteiger partial charge is 0.234 e. The summed E-state index contributed by atoms with van der Waals surface area (Å²) in [7, 11) is 0. The molecule has 4 nitrogen and oxygen atoms in total. The molecular weight excluding hydrogens is 180 g/mol. The molecule has 0 saturated carbocycles. The molecule has 0 aromatic heterocycles. The van der Waals surface area contributed by atoms with E-state index in [1.165, 1.54) is 0 Å². The van der Waals surface area contributed by atoms with Crippen molar-refractivity contribution in [1.82, 2.24) is 5.32 Å². The number of hydrogen-bond donors (Lipinski definition) is 2. The SMILES string of the molecule is NCC(=O)NC1COc2ccccc21. The van der Waals surface area contributed by atoms with Gasteiger partial charge in [0.15, 0.2) is 0 Å². The highest BCUT2D eigenvalue weighted by Crippen LogP contribution is 2.31. The molecule has 1 aromatic rings. The average molecular weight is 192 g/mol. The van der Waals surface area contributed by atoms with Gasteiger partial charge in [-0.3, -0.25) is 4.79 Å². The number of nitrogens with two attached hydrogens (primary N) is 1. The predicted octanol–water partition coefficient (Wildman–Crippen LogP) is 0.195. The number of benzene rings is 1. The lowest BCUT2D eigenvalue weighted by molar-refractivity contribution is -0.120. The van der Waals surface area contributed by atoms with E-state index in [0.29, 0.717) is 6.61 Å². The number of fused-ring (bicyclic) bond motifs is 1. The van der Waals surface area contributed by atoms with Crippen LogP contribution in [0, 0.1) is 0 Å². The number of nitrogens with one attached hydrogen (secondary N) is 1. The molecule has 14 heavy (non-hydrogen) atoms. The van der Waals surface area contributed by atoms with Crippen molar-refractivity contribution in [3.05, 3.63) is 29.8 Å². The number of para-hydroxylation sites is 1. The molecule has 0 bridgehead atoms. The minimum Gasteiger partial charge on any atom is -0.491 e. The number of ether oxygens (including phenoxy) is 1. The third-order valence-electron chi connectivity index (χ3n) is 2.22. The van der Waals surface area contributed by atoms with Crippen LogP contribution >= 0.6 is 0 Å². The summed E-state index contributed by atoms with van der Waals surface area (Å²) < 4.78 is 5.40. The van der Waals surface area contributed by atoms with Crippen LogP contribution in [0.3, 0.4) is 0 Å². The molecule has 1 aliphatic heterocycles. The van der Waals surface area contributed by atoms with Gasteiger partial charge >= 0.3 is 0 Å². The Kier molecular flexibility index (Phi) is 2.37. The molecule has 1 heterocycles. The van der Waals surface area contributed by atoms with E-state index in [1.54, 1.807) is 0 Å². The van der Waals surface area contributed by atoms with E-state index in [1.807, 2.05) is 24.3 Å². The molecule has 0 saturated heterocycles. The van der Waals surface area contributed by atoms with Crippen molar-refractivity contribution in [2.24, 2.45) is 5.73 Å². The Hall–Kier alpha value is -1.55. The number of carbonyl (C=O) groups is 1. The molecule has 3 N–H and O–H groups in total. The van der Waals surface area contributed by atoms with Crippen molar-refractivity contribution >= 4 is 5.91 Å². The monoisotopic (exact) mass is 192 g/mol. The molecular formula is C10H12N2O2. The molecule has 0 aliphatic carbocycles. The number of amides is 1. The summed E-state index contributed by atoms with van der Waals surface area (Å²) in [6, 6.07) is 7.62. The van der Waals surface area contributed by atoms with Crippen LogP contribution in [-0.2, 0) is 4.79 Å². The maximum Gasteiger partial charge on any atom is 0.234 e. The zero-order chi connectivity index (χ0) is 9.97. The Labute approximate surface area is 82.1 Å². The molecule has 0 fully saturated rings. The second-order valence-electron chi connectivity index (χ2n) is 3.17. The van der Waals surface area contributed by atoms with Gasteiger partial charge in [-0.25, -0.2) is 0 Å². The van der Waals surface area contributed by atoms with Crippen LogP contribution in [0.5, 0.6) is 5.75 Å². The van der Waals surface area contributed by atoms with Gasteiger partial charge in [0, 0.05) is 5.56 Å². The zero-order valence-corrected chi connectivity index (χ0v) is 7.69. The van der Waals surface area contributed by atoms with Crippen LogP contribution in [-0.4, -0.2) is 19.1 Å². The molecule has 1 aliphatic rings. The van der Waals surface area contributed by atoms with Gasteiger partial charge in [0.05, 0.1) is 12.6 Å². The fourth-order valence-electron chi connectivity index (χ4n) is 1.54. The van der Waals surface area contributed by atoms with Crippen molar-refractivity contribution in [2.45, 2.75) is 6.04 Å². The molecule has 1 unspecified atom stereocenters. The largest absolute Gasteiger partial charge is 0.491 e. The molecule has 0 spiro atoms. The van der Waals surface area contributed by atoms with E-state index in [-0.39, 0.29) is 18.5 Å². The van der Waals surface area contributed by atoms with Crippen molar-refractivity contribution < 1.29 is 9.53 Å². The standard InChI is InChI=1S/C10H12N2O2/c11-5-10(13)12-8-6-14-9-4-2-1-3-7(8)9/h1-4,8H,5-6,11H2,(H,12,13). The van der Waals surface area contributed by atoms with E-state index in [2.05, 4.69) is 5.32 Å². The van der Waals surface area contributed by atoms with Gasteiger partial charge in [-0.15, -0.1) is 0 Å². The van der Waals surface area contributed by atoms with Crippen molar-refractivity contribution in [2.75, 3.05) is 13.2 Å². The van der Waals surface area contributed by atoms with Crippen LogP contribution in [0.4, 0.5) is 0 Å². The summed E-state index contributed by atoms with van der Waals surface area (Å²) in [5.74, 6) is 0.685. The van der Waals surface area contributed by atoms with Gasteiger partial charge in [-0.2, -0.15) is 0 Å². The van der Waals surface area contributed by atoms with E-state index >= 15 is 0 Å².